The third-order valence-corrected chi connectivity index (χ3v) is 3.50. The molecule has 1 aliphatic heterocycles. The first-order valence-corrected chi connectivity index (χ1v) is 6.61. The predicted octanol–water partition coefficient (Wildman–Crippen LogP) is 3.67. The first-order valence-electron chi connectivity index (χ1n) is 6.18. The van der Waals surface area contributed by atoms with E-state index in [0.717, 1.165) is 13.0 Å². The van der Waals surface area contributed by atoms with Crippen LogP contribution < -0.4 is 0 Å². The highest BCUT2D eigenvalue weighted by molar-refractivity contribution is 6.20. The molecule has 0 N–H and O–H groups in total. The van der Waals surface area contributed by atoms with Crippen molar-refractivity contribution in [3.63, 3.8) is 0 Å². The first kappa shape index (κ1) is 11.9. The molecule has 88 valence electrons. The minimum atomic E-state index is 0.293. The van der Waals surface area contributed by atoms with Crippen molar-refractivity contribution in [2.45, 2.75) is 44.1 Å². The first-order chi connectivity index (χ1) is 7.75. The molecule has 0 radical (unpaired) electrons. The van der Waals surface area contributed by atoms with Crippen LogP contribution >= 0.6 is 11.6 Å². The van der Waals surface area contributed by atoms with Crippen LogP contribution in [0.3, 0.4) is 0 Å². The SMILES string of the molecule is CC(Cl)CC1CCCN1Cc1ccccc1. The quantitative estimate of drug-likeness (QED) is 0.723. The van der Waals surface area contributed by atoms with Gasteiger partial charge >= 0.3 is 0 Å². The molecule has 2 unspecified atom stereocenters. The van der Waals surface area contributed by atoms with E-state index in [-0.39, 0.29) is 0 Å². The third kappa shape index (κ3) is 3.23. The highest BCUT2D eigenvalue weighted by Gasteiger charge is 2.25. The molecule has 1 nitrogen and oxygen atoms in total. The van der Waals surface area contributed by atoms with Crippen molar-refractivity contribution >= 4 is 11.6 Å². The van der Waals surface area contributed by atoms with E-state index in [1.807, 2.05) is 0 Å². The molecule has 1 aromatic rings. The van der Waals surface area contributed by atoms with E-state index < -0.39 is 0 Å². The van der Waals surface area contributed by atoms with E-state index in [1.54, 1.807) is 0 Å². The van der Waals surface area contributed by atoms with Crippen LogP contribution in [-0.4, -0.2) is 22.9 Å². The van der Waals surface area contributed by atoms with Gasteiger partial charge in [0.15, 0.2) is 0 Å². The van der Waals surface area contributed by atoms with E-state index in [0.29, 0.717) is 11.4 Å². The van der Waals surface area contributed by atoms with Crippen LogP contribution in [0.1, 0.15) is 31.7 Å². The average molecular weight is 238 g/mol. The monoisotopic (exact) mass is 237 g/mol. The molecule has 0 spiro atoms. The predicted molar refractivity (Wildman–Crippen MR) is 69.8 cm³/mol. The molecule has 0 aromatic heterocycles. The lowest BCUT2D eigenvalue weighted by molar-refractivity contribution is 0.234. The van der Waals surface area contributed by atoms with Crippen LogP contribution in [0.15, 0.2) is 30.3 Å². The number of rotatable bonds is 4. The van der Waals surface area contributed by atoms with Gasteiger partial charge in [-0.05, 0) is 38.3 Å². The summed E-state index contributed by atoms with van der Waals surface area (Å²) in [6.45, 7) is 4.40. The summed E-state index contributed by atoms with van der Waals surface area (Å²) < 4.78 is 0. The van der Waals surface area contributed by atoms with E-state index in [9.17, 15) is 0 Å². The van der Waals surface area contributed by atoms with Gasteiger partial charge in [0.05, 0.1) is 0 Å². The fourth-order valence-corrected chi connectivity index (χ4v) is 2.77. The molecule has 0 bridgehead atoms. The van der Waals surface area contributed by atoms with Gasteiger partial charge in [0.25, 0.3) is 0 Å². The van der Waals surface area contributed by atoms with E-state index in [4.69, 9.17) is 11.6 Å². The summed E-state index contributed by atoms with van der Waals surface area (Å²) in [6, 6.07) is 11.4. The second-order valence-electron chi connectivity index (χ2n) is 4.77. The highest BCUT2D eigenvalue weighted by Crippen LogP contribution is 2.24. The summed E-state index contributed by atoms with van der Waals surface area (Å²) in [5, 5.41) is 0.293. The maximum Gasteiger partial charge on any atom is 0.0322 e. The summed E-state index contributed by atoms with van der Waals surface area (Å²) >= 11 is 6.10. The Hall–Kier alpha value is -0.530. The van der Waals surface area contributed by atoms with E-state index >= 15 is 0 Å². The second-order valence-corrected chi connectivity index (χ2v) is 5.51. The normalized spacial score (nSPS) is 23.5. The zero-order valence-electron chi connectivity index (χ0n) is 9.90. The zero-order chi connectivity index (χ0) is 11.4. The maximum atomic E-state index is 6.10. The van der Waals surface area contributed by atoms with Crippen molar-refractivity contribution < 1.29 is 0 Å². The molecular formula is C14H20ClN. The third-order valence-electron chi connectivity index (χ3n) is 3.32. The van der Waals surface area contributed by atoms with Crippen LogP contribution in [0.4, 0.5) is 0 Å². The van der Waals surface area contributed by atoms with E-state index in [1.165, 1.54) is 24.9 Å². The minimum absolute atomic E-state index is 0.293. The summed E-state index contributed by atoms with van der Waals surface area (Å²) in [4.78, 5) is 2.58. The molecule has 1 aromatic carbocycles. The molecule has 1 fully saturated rings. The molecule has 1 aliphatic rings. The highest BCUT2D eigenvalue weighted by atomic mass is 35.5. The van der Waals surface area contributed by atoms with Gasteiger partial charge in [-0.15, -0.1) is 11.6 Å². The van der Waals surface area contributed by atoms with Gasteiger partial charge in [-0.2, -0.15) is 0 Å². The van der Waals surface area contributed by atoms with Crippen LogP contribution in [-0.2, 0) is 6.54 Å². The molecular weight excluding hydrogens is 218 g/mol. The lowest BCUT2D eigenvalue weighted by Crippen LogP contribution is -2.30. The Kier molecular flexibility index (Phi) is 4.25. The fraction of sp³-hybridized carbons (Fsp3) is 0.571. The molecule has 2 heteroatoms. The molecule has 1 heterocycles. The minimum Gasteiger partial charge on any atom is -0.296 e. The van der Waals surface area contributed by atoms with Crippen LogP contribution in [0.2, 0.25) is 0 Å². The number of benzene rings is 1. The topological polar surface area (TPSA) is 3.24 Å². The molecule has 0 aliphatic carbocycles. The van der Waals surface area contributed by atoms with Gasteiger partial charge in [-0.3, -0.25) is 4.90 Å². The Bertz CT molecular complexity index is 310. The van der Waals surface area contributed by atoms with Crippen LogP contribution in [0, 0.1) is 0 Å². The van der Waals surface area contributed by atoms with Crippen molar-refractivity contribution in [2.24, 2.45) is 0 Å². The number of hydrogen-bond acceptors (Lipinski definition) is 1. The molecule has 0 amide bonds. The molecule has 2 rings (SSSR count). The number of hydrogen-bond donors (Lipinski definition) is 0. The number of nitrogens with zero attached hydrogens (tertiary/aromatic N) is 1. The van der Waals surface area contributed by atoms with Crippen LogP contribution in [0.25, 0.3) is 0 Å². The number of likely N-dealkylation sites (tertiary alicyclic amines) is 1. The van der Waals surface area contributed by atoms with Crippen molar-refractivity contribution in [1.82, 2.24) is 4.90 Å². The van der Waals surface area contributed by atoms with Crippen molar-refractivity contribution in [3.05, 3.63) is 35.9 Å². The largest absolute Gasteiger partial charge is 0.296 e. The van der Waals surface area contributed by atoms with Gasteiger partial charge in [0.1, 0.15) is 0 Å². The van der Waals surface area contributed by atoms with Crippen molar-refractivity contribution in [2.75, 3.05) is 6.54 Å². The second kappa shape index (κ2) is 5.70. The van der Waals surface area contributed by atoms with Crippen molar-refractivity contribution in [1.29, 1.82) is 0 Å². The Balaban J connectivity index is 1.93. The standard InChI is InChI=1S/C14H20ClN/c1-12(15)10-14-8-5-9-16(14)11-13-6-3-2-4-7-13/h2-4,6-7,12,14H,5,8-11H2,1H3. The number of halogens is 1. The molecule has 2 atom stereocenters. The van der Waals surface area contributed by atoms with E-state index in [2.05, 4.69) is 42.2 Å². The van der Waals surface area contributed by atoms with Gasteiger partial charge in [-0.25, -0.2) is 0 Å². The smallest absolute Gasteiger partial charge is 0.0322 e. The summed E-state index contributed by atoms with van der Waals surface area (Å²) in [6.07, 6.45) is 3.75. The van der Waals surface area contributed by atoms with Crippen molar-refractivity contribution in [3.8, 4) is 0 Å². The molecule has 16 heavy (non-hydrogen) atoms. The lowest BCUT2D eigenvalue weighted by atomic mass is 10.1. The maximum absolute atomic E-state index is 6.10. The van der Waals surface area contributed by atoms with Gasteiger partial charge in [-0.1, -0.05) is 30.3 Å². The Morgan fingerprint density at radius 3 is 2.81 bits per heavy atom. The summed E-state index contributed by atoms with van der Waals surface area (Å²) in [5.41, 5.74) is 1.41. The molecule has 0 saturated carbocycles. The number of alkyl halides is 1. The Morgan fingerprint density at radius 2 is 2.12 bits per heavy atom. The summed E-state index contributed by atoms with van der Waals surface area (Å²) in [7, 11) is 0. The fourth-order valence-electron chi connectivity index (χ4n) is 2.56. The zero-order valence-corrected chi connectivity index (χ0v) is 10.7. The average Bonchev–Trinajstić information content (AvgIpc) is 2.66. The lowest BCUT2D eigenvalue weighted by Gasteiger charge is -2.25. The van der Waals surface area contributed by atoms with Gasteiger partial charge in [0, 0.05) is 18.0 Å². The Labute approximate surface area is 103 Å². The summed E-state index contributed by atoms with van der Waals surface area (Å²) in [5.74, 6) is 0. The van der Waals surface area contributed by atoms with Crippen LogP contribution in [0.5, 0.6) is 0 Å². The Morgan fingerprint density at radius 1 is 1.38 bits per heavy atom. The van der Waals surface area contributed by atoms with Gasteiger partial charge in [0.2, 0.25) is 0 Å². The van der Waals surface area contributed by atoms with Gasteiger partial charge < -0.3 is 0 Å². The molecule has 1 saturated heterocycles.